The number of carbonyl (C=O) groups is 2. The fraction of sp³-hybridized carbons (Fsp3) is 0.300. The van der Waals surface area contributed by atoms with Crippen LogP contribution in [0.5, 0.6) is 5.75 Å². The topological polar surface area (TPSA) is 52.6 Å². The molecule has 0 N–H and O–H groups in total. The molecule has 2 aromatic rings. The van der Waals surface area contributed by atoms with Crippen molar-refractivity contribution in [3.8, 4) is 5.75 Å². The molecule has 0 saturated heterocycles. The molecule has 0 spiro atoms. The minimum absolute atomic E-state index is 0.0189. The Labute approximate surface area is 142 Å². The molecule has 0 amide bonds. The lowest BCUT2D eigenvalue weighted by Crippen LogP contribution is -2.10. The molecule has 0 heterocycles. The van der Waals surface area contributed by atoms with Gasteiger partial charge in [-0.25, -0.2) is 4.79 Å². The van der Waals surface area contributed by atoms with Gasteiger partial charge in [0.05, 0.1) is 12.7 Å². The molecule has 126 valence electrons. The lowest BCUT2D eigenvalue weighted by Gasteiger charge is -2.16. The molecule has 2 aromatic carbocycles. The predicted octanol–water partition coefficient (Wildman–Crippen LogP) is 4.18. The molecule has 0 aromatic heterocycles. The molecule has 0 aliphatic rings. The van der Waals surface area contributed by atoms with Crippen LogP contribution >= 0.6 is 0 Å². The molecule has 0 unspecified atom stereocenters. The normalized spacial score (nSPS) is 10.4. The van der Waals surface area contributed by atoms with Gasteiger partial charge in [-0.2, -0.15) is 0 Å². The molecule has 0 aliphatic heterocycles. The quantitative estimate of drug-likeness (QED) is 0.611. The highest BCUT2D eigenvalue weighted by Crippen LogP contribution is 2.24. The average molecular weight is 326 g/mol. The molecule has 2 rings (SSSR count). The largest absolute Gasteiger partial charge is 0.497 e. The molecule has 24 heavy (non-hydrogen) atoms. The van der Waals surface area contributed by atoms with E-state index in [2.05, 4.69) is 0 Å². The summed E-state index contributed by atoms with van der Waals surface area (Å²) in [6, 6.07) is 8.78. The zero-order chi connectivity index (χ0) is 17.9. The van der Waals surface area contributed by atoms with Crippen molar-refractivity contribution in [2.75, 3.05) is 7.11 Å². The minimum Gasteiger partial charge on any atom is -0.497 e. The van der Waals surface area contributed by atoms with Crippen LogP contribution in [0, 0.1) is 20.8 Å². The summed E-state index contributed by atoms with van der Waals surface area (Å²) >= 11 is 0. The number of ether oxygens (including phenoxy) is 2. The Balaban J connectivity index is 2.24. The predicted molar refractivity (Wildman–Crippen MR) is 92.8 cm³/mol. The molecule has 4 heteroatoms. The number of ketones is 1. The summed E-state index contributed by atoms with van der Waals surface area (Å²) in [6.07, 6.45) is 0. The van der Waals surface area contributed by atoms with Gasteiger partial charge in [0.15, 0.2) is 5.78 Å². The van der Waals surface area contributed by atoms with Crippen LogP contribution in [0.4, 0.5) is 0 Å². The maximum atomic E-state index is 12.2. The van der Waals surface area contributed by atoms with Crippen molar-refractivity contribution in [1.29, 1.82) is 0 Å². The molecule has 0 saturated carbocycles. The highest BCUT2D eigenvalue weighted by molar-refractivity contribution is 5.97. The number of hydrogen-bond donors (Lipinski definition) is 0. The number of benzene rings is 2. The van der Waals surface area contributed by atoms with Crippen LogP contribution in [-0.2, 0) is 11.3 Å². The van der Waals surface area contributed by atoms with Crippen molar-refractivity contribution in [3.63, 3.8) is 0 Å². The van der Waals surface area contributed by atoms with Gasteiger partial charge in [-0.3, -0.25) is 4.79 Å². The van der Waals surface area contributed by atoms with Crippen LogP contribution in [0.15, 0.2) is 30.3 Å². The first kappa shape index (κ1) is 17.7. The summed E-state index contributed by atoms with van der Waals surface area (Å²) in [7, 11) is 1.55. The third-order valence-corrected chi connectivity index (χ3v) is 4.14. The lowest BCUT2D eigenvalue weighted by molar-refractivity contribution is 0.0471. The molecule has 0 atom stereocenters. The number of rotatable bonds is 5. The molecular weight excluding hydrogens is 304 g/mol. The standard InChI is InChI=1S/C20H22O4/c1-12-9-13(2)19(15(4)21)14(3)18(12)11-24-20(22)16-7-6-8-17(10-16)23-5/h6-10H,11H2,1-5H3. The Kier molecular flexibility index (Phi) is 5.39. The number of Topliss-reactive ketones (excluding diaryl/α,β-unsaturated/α-hetero) is 1. The highest BCUT2D eigenvalue weighted by Gasteiger charge is 2.16. The van der Waals surface area contributed by atoms with Crippen molar-refractivity contribution >= 4 is 11.8 Å². The van der Waals surface area contributed by atoms with E-state index in [0.717, 1.165) is 22.3 Å². The molecule has 0 fully saturated rings. The van der Waals surface area contributed by atoms with E-state index in [0.29, 0.717) is 16.9 Å². The zero-order valence-corrected chi connectivity index (χ0v) is 14.7. The van der Waals surface area contributed by atoms with Crippen molar-refractivity contribution in [1.82, 2.24) is 0 Å². The summed E-state index contributed by atoms with van der Waals surface area (Å²) in [5.74, 6) is 0.203. The van der Waals surface area contributed by atoms with E-state index in [4.69, 9.17) is 9.47 Å². The maximum Gasteiger partial charge on any atom is 0.338 e. The van der Waals surface area contributed by atoms with Crippen molar-refractivity contribution < 1.29 is 19.1 Å². The van der Waals surface area contributed by atoms with E-state index >= 15 is 0 Å². The summed E-state index contributed by atoms with van der Waals surface area (Å²) in [4.78, 5) is 24.1. The van der Waals surface area contributed by atoms with Crippen LogP contribution in [0.1, 0.15) is 49.9 Å². The second-order valence-corrected chi connectivity index (χ2v) is 5.85. The average Bonchev–Trinajstić information content (AvgIpc) is 2.53. The summed E-state index contributed by atoms with van der Waals surface area (Å²) in [5, 5.41) is 0. The Morgan fingerprint density at radius 3 is 2.38 bits per heavy atom. The van der Waals surface area contributed by atoms with E-state index in [1.807, 2.05) is 26.8 Å². The van der Waals surface area contributed by atoms with Gasteiger partial charge in [-0.1, -0.05) is 12.1 Å². The smallest absolute Gasteiger partial charge is 0.338 e. The van der Waals surface area contributed by atoms with Gasteiger partial charge in [-0.05, 0) is 68.1 Å². The minimum atomic E-state index is -0.419. The molecule has 0 radical (unpaired) electrons. The van der Waals surface area contributed by atoms with E-state index < -0.39 is 5.97 Å². The van der Waals surface area contributed by atoms with Gasteiger partial charge >= 0.3 is 5.97 Å². The maximum absolute atomic E-state index is 12.2. The lowest BCUT2D eigenvalue weighted by atomic mass is 9.92. The second-order valence-electron chi connectivity index (χ2n) is 5.85. The Morgan fingerprint density at radius 2 is 1.75 bits per heavy atom. The molecule has 0 bridgehead atoms. The Bertz CT molecular complexity index is 790. The molecular formula is C20H22O4. The number of carbonyl (C=O) groups excluding carboxylic acids is 2. The van der Waals surface area contributed by atoms with Crippen LogP contribution < -0.4 is 4.74 Å². The summed E-state index contributed by atoms with van der Waals surface area (Å²) in [5.41, 5.74) is 4.84. The van der Waals surface area contributed by atoms with Crippen LogP contribution in [-0.4, -0.2) is 18.9 Å². The van der Waals surface area contributed by atoms with E-state index in [1.54, 1.807) is 38.3 Å². The van der Waals surface area contributed by atoms with Crippen molar-refractivity contribution in [2.45, 2.75) is 34.3 Å². The fourth-order valence-electron chi connectivity index (χ4n) is 2.96. The van der Waals surface area contributed by atoms with Crippen molar-refractivity contribution in [2.24, 2.45) is 0 Å². The first-order valence-electron chi connectivity index (χ1n) is 7.77. The van der Waals surface area contributed by atoms with Crippen LogP contribution in [0.2, 0.25) is 0 Å². The van der Waals surface area contributed by atoms with Gasteiger partial charge in [-0.15, -0.1) is 0 Å². The van der Waals surface area contributed by atoms with Crippen LogP contribution in [0.25, 0.3) is 0 Å². The number of hydrogen-bond acceptors (Lipinski definition) is 4. The summed E-state index contributed by atoms with van der Waals surface area (Å²) < 4.78 is 10.6. The SMILES string of the molecule is COc1cccc(C(=O)OCc2c(C)cc(C)c(C(C)=O)c2C)c1. The Hall–Kier alpha value is -2.62. The number of methoxy groups -OCH3 is 1. The van der Waals surface area contributed by atoms with E-state index in [-0.39, 0.29) is 12.4 Å². The first-order valence-corrected chi connectivity index (χ1v) is 7.77. The van der Waals surface area contributed by atoms with Gasteiger partial charge in [0.1, 0.15) is 12.4 Å². The Morgan fingerprint density at radius 1 is 1.04 bits per heavy atom. The van der Waals surface area contributed by atoms with Crippen LogP contribution in [0.3, 0.4) is 0 Å². The monoisotopic (exact) mass is 326 g/mol. The van der Waals surface area contributed by atoms with E-state index in [1.165, 1.54) is 0 Å². The van der Waals surface area contributed by atoms with Gasteiger partial charge in [0.25, 0.3) is 0 Å². The fourth-order valence-corrected chi connectivity index (χ4v) is 2.96. The summed E-state index contributed by atoms with van der Waals surface area (Å²) in [6.45, 7) is 7.46. The van der Waals surface area contributed by atoms with E-state index in [9.17, 15) is 9.59 Å². The third-order valence-electron chi connectivity index (χ3n) is 4.14. The third kappa shape index (κ3) is 3.65. The molecule has 4 nitrogen and oxygen atoms in total. The van der Waals surface area contributed by atoms with Gasteiger partial charge in [0, 0.05) is 5.56 Å². The van der Waals surface area contributed by atoms with Crippen molar-refractivity contribution in [3.05, 3.63) is 63.7 Å². The molecule has 0 aliphatic carbocycles. The zero-order valence-electron chi connectivity index (χ0n) is 14.7. The van der Waals surface area contributed by atoms with Gasteiger partial charge < -0.3 is 9.47 Å². The number of esters is 1. The van der Waals surface area contributed by atoms with Gasteiger partial charge in [0.2, 0.25) is 0 Å². The second kappa shape index (κ2) is 7.30. The number of aryl methyl sites for hydroxylation is 2. The first-order chi connectivity index (χ1) is 11.3. The highest BCUT2D eigenvalue weighted by atomic mass is 16.5.